The molecule has 0 spiro atoms. The summed E-state index contributed by atoms with van der Waals surface area (Å²) in [6, 6.07) is 23.4. The van der Waals surface area contributed by atoms with E-state index in [0.29, 0.717) is 27.0 Å². The average Bonchev–Trinajstić information content (AvgIpc) is 3.48. The molecular formula is C27H15Cl2N3O2. The molecule has 0 amide bonds. The molecule has 164 valence electrons. The van der Waals surface area contributed by atoms with E-state index in [1.807, 2.05) is 77.2 Å². The molecule has 0 fully saturated rings. The number of pyridine rings is 1. The predicted molar refractivity (Wildman–Crippen MR) is 134 cm³/mol. The van der Waals surface area contributed by atoms with E-state index in [1.54, 1.807) is 6.07 Å². The second kappa shape index (κ2) is 8.11. The summed E-state index contributed by atoms with van der Waals surface area (Å²) in [4.78, 5) is 4.79. The molecule has 0 N–H and O–H groups in total. The summed E-state index contributed by atoms with van der Waals surface area (Å²) in [5.74, 6) is 1.43. The van der Waals surface area contributed by atoms with E-state index in [-0.39, 0.29) is 6.79 Å². The average molecular weight is 484 g/mol. The molecule has 0 unspecified atom stereocenters. The highest BCUT2D eigenvalue weighted by Gasteiger charge is 2.18. The van der Waals surface area contributed by atoms with Crippen LogP contribution in [-0.2, 0) is 0 Å². The first-order chi connectivity index (χ1) is 16.6. The van der Waals surface area contributed by atoms with Gasteiger partial charge < -0.3 is 9.47 Å². The van der Waals surface area contributed by atoms with Crippen LogP contribution in [0, 0.1) is 11.3 Å². The minimum Gasteiger partial charge on any atom is -0.454 e. The largest absolute Gasteiger partial charge is 0.454 e. The van der Waals surface area contributed by atoms with Crippen LogP contribution in [0.25, 0.3) is 40.1 Å². The minimum absolute atomic E-state index is 0.220. The highest BCUT2D eigenvalue weighted by molar-refractivity contribution is 6.42. The van der Waals surface area contributed by atoms with Gasteiger partial charge >= 0.3 is 0 Å². The van der Waals surface area contributed by atoms with Gasteiger partial charge in [-0.25, -0.2) is 4.98 Å². The van der Waals surface area contributed by atoms with Crippen molar-refractivity contribution >= 4 is 52.0 Å². The van der Waals surface area contributed by atoms with Crippen molar-refractivity contribution < 1.29 is 9.47 Å². The third-order valence-corrected chi connectivity index (χ3v) is 6.52. The van der Waals surface area contributed by atoms with Gasteiger partial charge in [-0.05, 0) is 53.6 Å². The summed E-state index contributed by atoms with van der Waals surface area (Å²) in [7, 11) is 0. The monoisotopic (exact) mass is 483 g/mol. The minimum atomic E-state index is 0.220. The van der Waals surface area contributed by atoms with Crippen LogP contribution in [0.3, 0.4) is 0 Å². The third kappa shape index (κ3) is 3.36. The van der Waals surface area contributed by atoms with Crippen molar-refractivity contribution in [1.82, 2.24) is 9.38 Å². The summed E-state index contributed by atoms with van der Waals surface area (Å²) < 4.78 is 12.9. The van der Waals surface area contributed by atoms with E-state index in [2.05, 4.69) is 6.07 Å². The van der Waals surface area contributed by atoms with Crippen LogP contribution in [-0.4, -0.2) is 16.2 Å². The van der Waals surface area contributed by atoms with Gasteiger partial charge in [-0.1, -0.05) is 59.6 Å². The first-order valence-corrected chi connectivity index (χ1v) is 11.3. The van der Waals surface area contributed by atoms with Gasteiger partial charge in [0.2, 0.25) is 6.79 Å². The molecule has 0 bridgehead atoms. The second-order valence-electron chi connectivity index (χ2n) is 7.81. The van der Waals surface area contributed by atoms with E-state index < -0.39 is 0 Å². The maximum atomic E-state index is 10.1. The van der Waals surface area contributed by atoms with E-state index in [4.69, 9.17) is 37.7 Å². The molecule has 7 heteroatoms. The molecule has 3 heterocycles. The number of nitrogens with zero attached hydrogens (tertiary/aromatic N) is 3. The van der Waals surface area contributed by atoms with Gasteiger partial charge in [0.25, 0.3) is 0 Å². The van der Waals surface area contributed by atoms with Crippen LogP contribution in [0.5, 0.6) is 11.5 Å². The Kier molecular flexibility index (Phi) is 4.91. The number of benzene rings is 3. The highest BCUT2D eigenvalue weighted by atomic mass is 35.5. The van der Waals surface area contributed by atoms with Crippen LogP contribution >= 0.6 is 23.2 Å². The number of imidazole rings is 1. The zero-order chi connectivity index (χ0) is 23.2. The fourth-order valence-corrected chi connectivity index (χ4v) is 4.47. The van der Waals surface area contributed by atoms with Gasteiger partial charge in [0.15, 0.2) is 17.1 Å². The molecule has 5 aromatic rings. The lowest BCUT2D eigenvalue weighted by atomic mass is 10.0. The van der Waals surface area contributed by atoms with E-state index >= 15 is 0 Å². The van der Waals surface area contributed by atoms with Crippen molar-refractivity contribution in [1.29, 1.82) is 5.26 Å². The standard InChI is InChI=1S/C27H15Cl2N3O2/c28-20-9-8-18(12-21(20)29)24-13-17(7-5-16-6-10-25-26(11-16)34-15-33-25)19(14-30)27-31-22-3-1-2-4-23(22)32(24)27/h1-13H,15H2. The van der Waals surface area contributed by atoms with Gasteiger partial charge in [-0.15, -0.1) is 0 Å². The molecule has 1 aliphatic heterocycles. The van der Waals surface area contributed by atoms with Crippen molar-refractivity contribution in [3.8, 4) is 28.8 Å². The Hall–Kier alpha value is -3.98. The fraction of sp³-hybridized carbons (Fsp3) is 0.0370. The topological polar surface area (TPSA) is 59.5 Å². The lowest BCUT2D eigenvalue weighted by Crippen LogP contribution is -1.98. The van der Waals surface area contributed by atoms with Crippen molar-refractivity contribution in [2.75, 3.05) is 6.79 Å². The molecule has 0 saturated heterocycles. The number of hydrogen-bond acceptors (Lipinski definition) is 4. The molecule has 1 aliphatic rings. The Morgan fingerprint density at radius 3 is 2.62 bits per heavy atom. The number of halogens is 2. The lowest BCUT2D eigenvalue weighted by molar-refractivity contribution is 0.174. The Morgan fingerprint density at radius 1 is 0.912 bits per heavy atom. The number of aromatic nitrogens is 2. The molecule has 5 nitrogen and oxygen atoms in total. The highest BCUT2D eigenvalue weighted by Crippen LogP contribution is 2.35. The van der Waals surface area contributed by atoms with Crippen LogP contribution in [0.1, 0.15) is 16.7 Å². The maximum Gasteiger partial charge on any atom is 0.231 e. The second-order valence-corrected chi connectivity index (χ2v) is 8.62. The van der Waals surface area contributed by atoms with Crippen molar-refractivity contribution in [2.24, 2.45) is 0 Å². The molecule has 0 radical (unpaired) electrons. The fourth-order valence-electron chi connectivity index (χ4n) is 4.17. The van der Waals surface area contributed by atoms with Crippen LogP contribution < -0.4 is 9.47 Å². The SMILES string of the molecule is N#Cc1c(C=Cc2ccc3c(c2)OCO3)cc(-c2ccc(Cl)c(Cl)c2)n2c1nc1ccccc12. The zero-order valence-electron chi connectivity index (χ0n) is 17.6. The van der Waals surface area contributed by atoms with Gasteiger partial charge in [-0.2, -0.15) is 5.26 Å². The Morgan fingerprint density at radius 2 is 1.76 bits per heavy atom. The van der Waals surface area contributed by atoms with E-state index in [1.165, 1.54) is 0 Å². The first-order valence-electron chi connectivity index (χ1n) is 10.5. The lowest BCUT2D eigenvalue weighted by Gasteiger charge is -2.12. The summed E-state index contributed by atoms with van der Waals surface area (Å²) >= 11 is 12.5. The molecule has 2 aromatic heterocycles. The smallest absolute Gasteiger partial charge is 0.231 e. The Labute approximate surface area is 205 Å². The first kappa shape index (κ1) is 20.6. The van der Waals surface area contributed by atoms with Gasteiger partial charge in [-0.3, -0.25) is 4.40 Å². The number of para-hydroxylation sites is 2. The normalized spacial score (nSPS) is 12.6. The molecule has 6 rings (SSSR count). The number of ether oxygens (including phenoxy) is 2. The maximum absolute atomic E-state index is 10.1. The van der Waals surface area contributed by atoms with Crippen molar-refractivity contribution in [3.63, 3.8) is 0 Å². The van der Waals surface area contributed by atoms with Crippen LogP contribution in [0.4, 0.5) is 0 Å². The van der Waals surface area contributed by atoms with Crippen molar-refractivity contribution in [2.45, 2.75) is 0 Å². The Balaban J connectivity index is 1.59. The van der Waals surface area contributed by atoms with E-state index in [9.17, 15) is 5.26 Å². The molecule has 0 saturated carbocycles. The quantitative estimate of drug-likeness (QED) is 0.271. The number of hydrogen-bond donors (Lipinski definition) is 0. The predicted octanol–water partition coefficient (Wildman–Crippen LogP) is 7.23. The summed E-state index contributed by atoms with van der Waals surface area (Å²) in [6.45, 7) is 0.220. The van der Waals surface area contributed by atoms with Gasteiger partial charge in [0.05, 0.1) is 26.8 Å². The summed E-state index contributed by atoms with van der Waals surface area (Å²) in [5, 5.41) is 11.0. The molecule has 0 aliphatic carbocycles. The van der Waals surface area contributed by atoms with E-state index in [0.717, 1.165) is 39.2 Å². The molecular weight excluding hydrogens is 469 g/mol. The summed E-state index contributed by atoms with van der Waals surface area (Å²) in [6.07, 6.45) is 3.85. The third-order valence-electron chi connectivity index (χ3n) is 5.79. The summed E-state index contributed by atoms with van der Waals surface area (Å²) in [5.41, 5.74) is 6.16. The van der Waals surface area contributed by atoms with Crippen LogP contribution in [0.15, 0.2) is 66.7 Å². The van der Waals surface area contributed by atoms with Crippen molar-refractivity contribution in [3.05, 3.63) is 93.5 Å². The molecule has 0 atom stereocenters. The number of rotatable bonds is 3. The zero-order valence-corrected chi connectivity index (χ0v) is 19.1. The van der Waals surface area contributed by atoms with Gasteiger partial charge in [0.1, 0.15) is 11.6 Å². The number of nitriles is 1. The molecule has 34 heavy (non-hydrogen) atoms. The Bertz CT molecular complexity index is 1680. The molecule has 3 aromatic carbocycles. The van der Waals surface area contributed by atoms with Crippen LogP contribution in [0.2, 0.25) is 10.0 Å². The number of fused-ring (bicyclic) bond motifs is 4. The van der Waals surface area contributed by atoms with Gasteiger partial charge in [0, 0.05) is 5.56 Å².